The highest BCUT2D eigenvalue weighted by Gasteiger charge is 2.27. The maximum absolute atomic E-state index is 12.8. The van der Waals surface area contributed by atoms with Crippen molar-refractivity contribution in [1.82, 2.24) is 10.2 Å². The number of hydrogen-bond acceptors (Lipinski definition) is 5. The minimum Gasteiger partial charge on any atom is -0.495 e. The van der Waals surface area contributed by atoms with Crippen LogP contribution in [0.2, 0.25) is 0 Å². The molecule has 4 rings (SSSR count). The molecule has 2 amide bonds. The summed E-state index contributed by atoms with van der Waals surface area (Å²) >= 11 is 0. The number of rotatable bonds is 7. The van der Waals surface area contributed by atoms with E-state index in [-0.39, 0.29) is 6.03 Å². The predicted molar refractivity (Wildman–Crippen MR) is 128 cm³/mol. The summed E-state index contributed by atoms with van der Waals surface area (Å²) in [4.78, 5) is 19.3. The molecule has 7 heteroatoms. The highest BCUT2D eigenvalue weighted by molar-refractivity contribution is 5.74. The van der Waals surface area contributed by atoms with Gasteiger partial charge in [0.15, 0.2) is 0 Å². The number of carbonyl (C=O) groups excluding carboxylic acids is 1. The molecule has 2 heterocycles. The van der Waals surface area contributed by atoms with Crippen LogP contribution >= 0.6 is 0 Å². The minimum atomic E-state index is 0.0403. The summed E-state index contributed by atoms with van der Waals surface area (Å²) < 4.78 is 11.3. The van der Waals surface area contributed by atoms with Crippen molar-refractivity contribution < 1.29 is 14.3 Å². The molecule has 2 aromatic rings. The van der Waals surface area contributed by atoms with Gasteiger partial charge in [-0.2, -0.15) is 0 Å². The van der Waals surface area contributed by atoms with E-state index >= 15 is 0 Å². The molecule has 172 valence electrons. The number of nitrogens with one attached hydrogen (secondary N) is 1. The Labute approximate surface area is 190 Å². The zero-order valence-corrected chi connectivity index (χ0v) is 19.1. The first-order valence-electron chi connectivity index (χ1n) is 11.6. The smallest absolute Gasteiger partial charge is 0.317 e. The van der Waals surface area contributed by atoms with Crippen molar-refractivity contribution in [1.29, 1.82) is 0 Å². The van der Waals surface area contributed by atoms with Gasteiger partial charge in [0.05, 0.1) is 25.1 Å². The molecular weight excluding hydrogens is 404 g/mol. The molecule has 2 aliphatic rings. The number of nitrogens with zero attached hydrogens (tertiary/aromatic N) is 3. The van der Waals surface area contributed by atoms with E-state index in [0.717, 1.165) is 55.5 Å². The van der Waals surface area contributed by atoms with Crippen LogP contribution in [-0.4, -0.2) is 70.5 Å². The van der Waals surface area contributed by atoms with Crippen LogP contribution < -0.4 is 24.6 Å². The van der Waals surface area contributed by atoms with E-state index in [1.807, 2.05) is 48.2 Å². The number of amides is 2. The topological polar surface area (TPSA) is 57.3 Å². The van der Waals surface area contributed by atoms with Crippen LogP contribution in [0, 0.1) is 5.92 Å². The minimum absolute atomic E-state index is 0.0403. The third kappa shape index (κ3) is 5.03. The lowest BCUT2D eigenvalue weighted by molar-refractivity contribution is 0.192. The molecule has 1 N–H and O–H groups in total. The predicted octanol–water partition coefficient (Wildman–Crippen LogP) is 3.45. The molecule has 2 fully saturated rings. The fourth-order valence-electron chi connectivity index (χ4n) is 4.60. The maximum Gasteiger partial charge on any atom is 0.317 e. The lowest BCUT2D eigenvalue weighted by atomic mass is 10.1. The van der Waals surface area contributed by atoms with E-state index < -0.39 is 0 Å². The summed E-state index contributed by atoms with van der Waals surface area (Å²) in [5.41, 5.74) is 2.24. The van der Waals surface area contributed by atoms with Crippen molar-refractivity contribution in [2.24, 2.45) is 5.92 Å². The van der Waals surface area contributed by atoms with Gasteiger partial charge in [0.25, 0.3) is 0 Å². The van der Waals surface area contributed by atoms with Crippen LogP contribution in [0.3, 0.4) is 0 Å². The van der Waals surface area contributed by atoms with Crippen LogP contribution in [0.4, 0.5) is 16.2 Å². The number of benzene rings is 2. The number of hydrogen-bond donors (Lipinski definition) is 1. The molecule has 32 heavy (non-hydrogen) atoms. The first-order chi connectivity index (χ1) is 15.7. The lowest BCUT2D eigenvalue weighted by Gasteiger charge is -2.36. The molecule has 2 aromatic carbocycles. The van der Waals surface area contributed by atoms with Crippen LogP contribution in [-0.2, 0) is 0 Å². The maximum atomic E-state index is 12.8. The van der Waals surface area contributed by atoms with Gasteiger partial charge < -0.3 is 29.5 Å². The number of carbonyl (C=O) groups is 1. The van der Waals surface area contributed by atoms with Crippen molar-refractivity contribution in [3.8, 4) is 11.5 Å². The van der Waals surface area contributed by atoms with E-state index in [2.05, 4.69) is 27.2 Å². The molecule has 2 aliphatic heterocycles. The highest BCUT2D eigenvalue weighted by atomic mass is 16.5. The molecule has 0 aliphatic carbocycles. The fraction of sp³-hybridized carbons (Fsp3) is 0.480. The summed E-state index contributed by atoms with van der Waals surface area (Å²) in [6.07, 6.45) is 1.07. The van der Waals surface area contributed by atoms with E-state index in [4.69, 9.17) is 9.47 Å². The highest BCUT2D eigenvalue weighted by Crippen LogP contribution is 2.32. The van der Waals surface area contributed by atoms with Crippen LogP contribution in [0.1, 0.15) is 13.3 Å². The van der Waals surface area contributed by atoms with Crippen molar-refractivity contribution in [2.45, 2.75) is 13.3 Å². The van der Waals surface area contributed by atoms with E-state index in [1.54, 1.807) is 7.11 Å². The Morgan fingerprint density at radius 3 is 2.28 bits per heavy atom. The van der Waals surface area contributed by atoms with E-state index in [9.17, 15) is 4.79 Å². The molecule has 0 bridgehead atoms. The van der Waals surface area contributed by atoms with Gasteiger partial charge in [0.2, 0.25) is 0 Å². The average Bonchev–Trinajstić information content (AvgIpc) is 3.32. The molecule has 1 atom stereocenters. The number of anilines is 2. The van der Waals surface area contributed by atoms with Gasteiger partial charge in [-0.15, -0.1) is 0 Å². The summed E-state index contributed by atoms with van der Waals surface area (Å²) in [6, 6.07) is 16.3. The second-order valence-electron chi connectivity index (χ2n) is 8.33. The van der Waals surface area contributed by atoms with Gasteiger partial charge in [-0.1, -0.05) is 24.3 Å². The fourth-order valence-corrected chi connectivity index (χ4v) is 4.60. The Bertz CT molecular complexity index is 898. The standard InChI is InChI=1S/C25H34N4O3/c1-3-32-24-11-7-5-9-22(24)27-14-16-28(17-15-27)25(30)26-18-20-12-13-29(19-20)21-8-4-6-10-23(21)31-2/h4-11,20H,3,12-19H2,1-2H3,(H,26,30). The number of urea groups is 1. The summed E-state index contributed by atoms with van der Waals surface area (Å²) in [7, 11) is 1.71. The number of ether oxygens (including phenoxy) is 2. The molecule has 1 unspecified atom stereocenters. The SMILES string of the molecule is CCOc1ccccc1N1CCN(C(=O)NCC2CCN(c3ccccc3OC)C2)CC1. The van der Waals surface area contributed by atoms with Crippen LogP contribution in [0.25, 0.3) is 0 Å². The van der Waals surface area contributed by atoms with Crippen LogP contribution in [0.5, 0.6) is 11.5 Å². The normalized spacial score (nSPS) is 18.6. The average molecular weight is 439 g/mol. The first-order valence-corrected chi connectivity index (χ1v) is 11.6. The summed E-state index contributed by atoms with van der Waals surface area (Å²) in [5, 5.41) is 3.17. The van der Waals surface area contributed by atoms with Crippen LogP contribution in [0.15, 0.2) is 48.5 Å². The Hall–Kier alpha value is -3.09. The van der Waals surface area contributed by atoms with Crippen molar-refractivity contribution in [3.63, 3.8) is 0 Å². The molecule has 0 aromatic heterocycles. The molecule has 0 spiro atoms. The Balaban J connectivity index is 1.24. The monoisotopic (exact) mass is 438 g/mol. The van der Waals surface area contributed by atoms with E-state index in [1.165, 1.54) is 0 Å². The van der Waals surface area contributed by atoms with Gasteiger partial charge in [-0.25, -0.2) is 4.79 Å². The zero-order chi connectivity index (χ0) is 22.3. The molecular formula is C25H34N4O3. The van der Waals surface area contributed by atoms with E-state index in [0.29, 0.717) is 32.2 Å². The van der Waals surface area contributed by atoms with Gasteiger partial charge in [-0.3, -0.25) is 0 Å². The zero-order valence-electron chi connectivity index (χ0n) is 19.1. The van der Waals surface area contributed by atoms with Crippen molar-refractivity contribution >= 4 is 17.4 Å². The first kappa shape index (κ1) is 22.1. The Kier molecular flexibility index (Phi) is 7.24. The largest absolute Gasteiger partial charge is 0.495 e. The number of para-hydroxylation sites is 4. The van der Waals surface area contributed by atoms with Gasteiger partial charge in [0.1, 0.15) is 11.5 Å². The third-order valence-corrected chi connectivity index (χ3v) is 6.33. The number of piperazine rings is 1. The number of methoxy groups -OCH3 is 1. The Morgan fingerprint density at radius 1 is 0.938 bits per heavy atom. The second-order valence-corrected chi connectivity index (χ2v) is 8.33. The molecule has 7 nitrogen and oxygen atoms in total. The van der Waals surface area contributed by atoms with Crippen molar-refractivity contribution in [2.75, 3.05) is 69.3 Å². The summed E-state index contributed by atoms with van der Waals surface area (Å²) in [5.74, 6) is 2.26. The third-order valence-electron chi connectivity index (χ3n) is 6.33. The molecule has 2 saturated heterocycles. The second kappa shape index (κ2) is 10.5. The molecule has 0 saturated carbocycles. The quantitative estimate of drug-likeness (QED) is 0.718. The molecule has 0 radical (unpaired) electrons. The van der Waals surface area contributed by atoms with Gasteiger partial charge in [-0.05, 0) is 43.5 Å². The van der Waals surface area contributed by atoms with Gasteiger partial charge >= 0.3 is 6.03 Å². The lowest BCUT2D eigenvalue weighted by Crippen LogP contribution is -2.52. The Morgan fingerprint density at radius 2 is 1.59 bits per heavy atom. The van der Waals surface area contributed by atoms with Gasteiger partial charge in [0, 0.05) is 45.8 Å². The van der Waals surface area contributed by atoms with Crippen molar-refractivity contribution in [3.05, 3.63) is 48.5 Å². The summed E-state index contributed by atoms with van der Waals surface area (Å²) in [6.45, 7) is 8.31.